The molecule has 4 heteroatoms. The fourth-order valence-electron chi connectivity index (χ4n) is 1.25. The molecule has 0 amide bonds. The number of carboxylic acid groups (broad SMARTS) is 1. The third kappa shape index (κ3) is 2.41. The van der Waals surface area contributed by atoms with Gasteiger partial charge >= 0.3 is 5.97 Å². The van der Waals surface area contributed by atoms with Crippen molar-refractivity contribution in [1.29, 1.82) is 0 Å². The number of hydrogen-bond acceptors (Lipinski definition) is 3. The van der Waals surface area contributed by atoms with Crippen LogP contribution in [0.1, 0.15) is 10.5 Å². The molecule has 1 aromatic carbocycles. The zero-order chi connectivity index (χ0) is 11.4. The molecule has 1 heterocycles. The summed E-state index contributed by atoms with van der Waals surface area (Å²) in [5.41, 5.74) is 0.0938. The van der Waals surface area contributed by atoms with E-state index in [0.29, 0.717) is 4.90 Å². The monoisotopic (exact) mass is 231 g/mol. The quantitative estimate of drug-likeness (QED) is 0.882. The van der Waals surface area contributed by atoms with Crippen molar-refractivity contribution in [2.45, 2.75) is 9.79 Å². The van der Waals surface area contributed by atoms with E-state index in [2.05, 4.69) is 4.98 Å². The van der Waals surface area contributed by atoms with E-state index in [-0.39, 0.29) is 5.69 Å². The maximum Gasteiger partial charge on any atom is 0.355 e. The Balaban J connectivity index is 2.31. The summed E-state index contributed by atoms with van der Waals surface area (Å²) in [4.78, 5) is 16.4. The van der Waals surface area contributed by atoms with Crippen molar-refractivity contribution in [3.8, 4) is 0 Å². The zero-order valence-electron chi connectivity index (χ0n) is 8.33. The van der Waals surface area contributed by atoms with E-state index in [4.69, 9.17) is 5.11 Å². The lowest BCUT2D eigenvalue weighted by molar-refractivity contribution is 0.0686. The summed E-state index contributed by atoms with van der Waals surface area (Å²) in [6.07, 6.45) is 1.48. The molecule has 2 aromatic rings. The standard InChI is InChI=1S/C12H9NO2S/c14-12(15)11-10(7-4-8-13-11)16-9-5-2-1-3-6-9/h1-8H,(H,14,15). The Morgan fingerprint density at radius 1 is 1.12 bits per heavy atom. The number of benzene rings is 1. The Labute approximate surface area is 97.2 Å². The van der Waals surface area contributed by atoms with Crippen LogP contribution in [0.25, 0.3) is 0 Å². The molecular weight excluding hydrogens is 222 g/mol. The molecule has 0 saturated heterocycles. The predicted molar refractivity (Wildman–Crippen MR) is 61.8 cm³/mol. The Bertz CT molecular complexity index is 499. The molecule has 0 spiro atoms. The van der Waals surface area contributed by atoms with Gasteiger partial charge in [0.1, 0.15) is 0 Å². The van der Waals surface area contributed by atoms with Crippen molar-refractivity contribution in [3.63, 3.8) is 0 Å². The molecule has 1 N–H and O–H groups in total. The average molecular weight is 231 g/mol. The summed E-state index contributed by atoms with van der Waals surface area (Å²) >= 11 is 1.40. The van der Waals surface area contributed by atoms with Crippen LogP contribution in [0.3, 0.4) is 0 Å². The first-order valence-corrected chi connectivity index (χ1v) is 5.50. The van der Waals surface area contributed by atoms with Gasteiger partial charge in [-0.05, 0) is 24.3 Å². The summed E-state index contributed by atoms with van der Waals surface area (Å²) in [6.45, 7) is 0. The van der Waals surface area contributed by atoms with E-state index >= 15 is 0 Å². The number of aromatic carboxylic acids is 1. The van der Waals surface area contributed by atoms with Crippen LogP contribution in [0.15, 0.2) is 58.5 Å². The first-order chi connectivity index (χ1) is 7.77. The van der Waals surface area contributed by atoms with Gasteiger partial charge in [0.2, 0.25) is 0 Å². The summed E-state index contributed by atoms with van der Waals surface area (Å²) in [6, 6.07) is 13.1. The Morgan fingerprint density at radius 2 is 1.88 bits per heavy atom. The number of rotatable bonds is 3. The first-order valence-electron chi connectivity index (χ1n) is 4.68. The van der Waals surface area contributed by atoms with Gasteiger partial charge in [-0.25, -0.2) is 9.78 Å². The molecule has 0 aliphatic rings. The lowest BCUT2D eigenvalue weighted by Gasteiger charge is -2.03. The summed E-state index contributed by atoms with van der Waals surface area (Å²) in [5, 5.41) is 8.97. The average Bonchev–Trinajstić information content (AvgIpc) is 2.31. The highest BCUT2D eigenvalue weighted by Crippen LogP contribution is 2.28. The second kappa shape index (κ2) is 4.81. The van der Waals surface area contributed by atoms with E-state index in [1.54, 1.807) is 12.1 Å². The van der Waals surface area contributed by atoms with Crippen LogP contribution in [-0.2, 0) is 0 Å². The van der Waals surface area contributed by atoms with Gasteiger partial charge in [-0.3, -0.25) is 0 Å². The van der Waals surface area contributed by atoms with Crippen molar-refractivity contribution < 1.29 is 9.90 Å². The molecule has 0 atom stereocenters. The fourth-order valence-corrected chi connectivity index (χ4v) is 2.18. The largest absolute Gasteiger partial charge is 0.476 e. The minimum atomic E-state index is -1.00. The van der Waals surface area contributed by atoms with Crippen LogP contribution in [0.2, 0.25) is 0 Å². The molecular formula is C12H9NO2S. The number of carboxylic acids is 1. The number of nitrogens with zero attached hydrogens (tertiary/aromatic N) is 1. The molecule has 0 aliphatic carbocycles. The lowest BCUT2D eigenvalue weighted by atomic mass is 10.3. The van der Waals surface area contributed by atoms with E-state index in [1.165, 1.54) is 18.0 Å². The van der Waals surface area contributed by atoms with Crippen molar-refractivity contribution >= 4 is 17.7 Å². The second-order valence-electron chi connectivity index (χ2n) is 3.07. The molecule has 80 valence electrons. The van der Waals surface area contributed by atoms with Crippen molar-refractivity contribution in [2.75, 3.05) is 0 Å². The minimum Gasteiger partial charge on any atom is -0.476 e. The molecule has 0 radical (unpaired) electrons. The molecule has 0 fully saturated rings. The minimum absolute atomic E-state index is 0.0938. The van der Waals surface area contributed by atoms with E-state index in [0.717, 1.165) is 4.90 Å². The van der Waals surface area contributed by atoms with Crippen LogP contribution in [0.4, 0.5) is 0 Å². The van der Waals surface area contributed by atoms with Crippen LogP contribution in [-0.4, -0.2) is 16.1 Å². The summed E-state index contributed by atoms with van der Waals surface area (Å²) < 4.78 is 0. The number of carbonyl (C=O) groups is 1. The summed E-state index contributed by atoms with van der Waals surface area (Å²) in [7, 11) is 0. The Hall–Kier alpha value is -1.81. The third-order valence-electron chi connectivity index (χ3n) is 1.94. The van der Waals surface area contributed by atoms with Crippen LogP contribution >= 0.6 is 11.8 Å². The van der Waals surface area contributed by atoms with Gasteiger partial charge in [0.25, 0.3) is 0 Å². The lowest BCUT2D eigenvalue weighted by Crippen LogP contribution is -2.01. The number of hydrogen-bond donors (Lipinski definition) is 1. The van der Waals surface area contributed by atoms with E-state index < -0.39 is 5.97 Å². The SMILES string of the molecule is O=C(O)c1ncccc1Sc1ccccc1. The van der Waals surface area contributed by atoms with Crippen molar-refractivity contribution in [1.82, 2.24) is 4.98 Å². The number of aromatic nitrogens is 1. The Kier molecular flexibility index (Phi) is 3.22. The maximum absolute atomic E-state index is 10.9. The zero-order valence-corrected chi connectivity index (χ0v) is 9.15. The van der Waals surface area contributed by atoms with Gasteiger partial charge in [0.15, 0.2) is 5.69 Å². The van der Waals surface area contributed by atoms with E-state index in [1.807, 2.05) is 30.3 Å². The van der Waals surface area contributed by atoms with Crippen molar-refractivity contribution in [2.24, 2.45) is 0 Å². The predicted octanol–water partition coefficient (Wildman–Crippen LogP) is 2.93. The molecule has 2 rings (SSSR count). The Morgan fingerprint density at radius 3 is 2.56 bits per heavy atom. The smallest absolute Gasteiger partial charge is 0.355 e. The molecule has 0 unspecified atom stereocenters. The highest BCUT2D eigenvalue weighted by molar-refractivity contribution is 7.99. The first kappa shape index (κ1) is 10.7. The van der Waals surface area contributed by atoms with Gasteiger partial charge in [-0.2, -0.15) is 0 Å². The van der Waals surface area contributed by atoms with Gasteiger partial charge in [0.05, 0.1) is 0 Å². The van der Waals surface area contributed by atoms with Crippen molar-refractivity contribution in [3.05, 3.63) is 54.4 Å². The fraction of sp³-hybridized carbons (Fsp3) is 0. The van der Waals surface area contributed by atoms with Crippen LogP contribution in [0.5, 0.6) is 0 Å². The normalized spacial score (nSPS) is 10.0. The van der Waals surface area contributed by atoms with Gasteiger partial charge < -0.3 is 5.11 Å². The second-order valence-corrected chi connectivity index (χ2v) is 4.19. The highest BCUT2D eigenvalue weighted by Gasteiger charge is 2.11. The topological polar surface area (TPSA) is 50.2 Å². The molecule has 0 aliphatic heterocycles. The van der Waals surface area contributed by atoms with Gasteiger partial charge in [-0.1, -0.05) is 30.0 Å². The summed E-state index contributed by atoms with van der Waals surface area (Å²) in [5.74, 6) is -1.00. The molecule has 0 saturated carbocycles. The third-order valence-corrected chi connectivity index (χ3v) is 3.00. The number of pyridine rings is 1. The molecule has 3 nitrogen and oxygen atoms in total. The molecule has 16 heavy (non-hydrogen) atoms. The molecule has 0 bridgehead atoms. The maximum atomic E-state index is 10.9. The van der Waals surface area contributed by atoms with Gasteiger partial charge in [-0.15, -0.1) is 0 Å². The van der Waals surface area contributed by atoms with Crippen LogP contribution in [0, 0.1) is 0 Å². The highest BCUT2D eigenvalue weighted by atomic mass is 32.2. The van der Waals surface area contributed by atoms with Gasteiger partial charge in [0, 0.05) is 16.0 Å². The van der Waals surface area contributed by atoms with E-state index in [9.17, 15) is 4.79 Å². The van der Waals surface area contributed by atoms with Crippen LogP contribution < -0.4 is 0 Å². The molecule has 1 aromatic heterocycles.